The van der Waals surface area contributed by atoms with Crippen molar-refractivity contribution in [3.05, 3.63) is 71.8 Å². The minimum atomic E-state index is -3.86. The van der Waals surface area contributed by atoms with Gasteiger partial charge in [-0.3, -0.25) is 10.0 Å². The van der Waals surface area contributed by atoms with E-state index in [-0.39, 0.29) is 4.90 Å². The average Bonchev–Trinajstić information content (AvgIpc) is 3.18. The first kappa shape index (κ1) is 21.4. The number of hydroxylamine groups is 1. The number of imidazole rings is 1. The monoisotopic (exact) mass is 453 g/mol. The molecule has 0 bridgehead atoms. The second-order valence-electron chi connectivity index (χ2n) is 7.06. The van der Waals surface area contributed by atoms with Gasteiger partial charge >= 0.3 is 0 Å². The number of anilines is 2. The van der Waals surface area contributed by atoms with E-state index in [1.54, 1.807) is 55.1 Å². The van der Waals surface area contributed by atoms with Crippen molar-refractivity contribution in [3.8, 4) is 0 Å². The fourth-order valence-corrected chi connectivity index (χ4v) is 4.04. The van der Waals surface area contributed by atoms with Crippen LogP contribution in [0.15, 0.2) is 60.0 Å². The van der Waals surface area contributed by atoms with Gasteiger partial charge in [-0.25, -0.2) is 34.0 Å². The summed E-state index contributed by atoms with van der Waals surface area (Å²) >= 11 is 0. The number of primary sulfonamides is 1. The predicted octanol–water partition coefficient (Wildman–Crippen LogP) is 1.69. The quantitative estimate of drug-likeness (QED) is 0.253. The summed E-state index contributed by atoms with van der Waals surface area (Å²) in [6.45, 7) is 2.10. The molecule has 0 fully saturated rings. The van der Waals surface area contributed by atoms with Crippen LogP contribution >= 0.6 is 0 Å². The van der Waals surface area contributed by atoms with Crippen molar-refractivity contribution in [2.75, 3.05) is 5.32 Å². The van der Waals surface area contributed by atoms with Gasteiger partial charge < -0.3 is 9.88 Å². The first-order chi connectivity index (χ1) is 15.3. The van der Waals surface area contributed by atoms with Gasteiger partial charge in [-0.15, -0.1) is 0 Å². The highest BCUT2D eigenvalue weighted by Crippen LogP contribution is 2.25. The Hall–Kier alpha value is -3.87. The Labute approximate surface area is 183 Å². The Bertz CT molecular complexity index is 1420. The predicted molar refractivity (Wildman–Crippen MR) is 116 cm³/mol. The first-order valence-electron chi connectivity index (χ1n) is 9.36. The minimum absolute atomic E-state index is 0.0247. The van der Waals surface area contributed by atoms with Gasteiger partial charge in [-0.1, -0.05) is 18.2 Å². The van der Waals surface area contributed by atoms with Crippen LogP contribution in [0.25, 0.3) is 11.2 Å². The number of aromatic nitrogens is 4. The number of sulfonamides is 1. The molecular weight excluding hydrogens is 434 g/mol. The number of fused-ring (bicyclic) bond motifs is 1. The van der Waals surface area contributed by atoms with Gasteiger partial charge in [0.25, 0.3) is 5.91 Å². The van der Waals surface area contributed by atoms with Crippen molar-refractivity contribution in [2.45, 2.75) is 18.4 Å². The SMILES string of the molecule is Cc1ccc(Nc2ncnc3c2ncn3Cc2ccc(C(=O)NO)cc2)cc1S(N)(=O)=O. The van der Waals surface area contributed by atoms with Crippen molar-refractivity contribution < 1.29 is 18.4 Å². The van der Waals surface area contributed by atoms with E-state index in [4.69, 9.17) is 10.3 Å². The molecule has 0 unspecified atom stereocenters. The molecule has 0 atom stereocenters. The van der Waals surface area contributed by atoms with Crippen LogP contribution in [0.1, 0.15) is 21.5 Å². The Morgan fingerprint density at radius 2 is 1.88 bits per heavy atom. The third-order valence-electron chi connectivity index (χ3n) is 4.83. The number of benzene rings is 2. The molecule has 164 valence electrons. The molecule has 5 N–H and O–H groups in total. The van der Waals surface area contributed by atoms with E-state index in [2.05, 4.69) is 20.3 Å². The van der Waals surface area contributed by atoms with Gasteiger partial charge in [0.15, 0.2) is 17.0 Å². The van der Waals surface area contributed by atoms with Gasteiger partial charge in [-0.05, 0) is 42.3 Å². The zero-order valence-corrected chi connectivity index (χ0v) is 17.7. The van der Waals surface area contributed by atoms with Crippen LogP contribution < -0.4 is 15.9 Å². The molecule has 2 heterocycles. The molecule has 1 amide bonds. The molecule has 0 saturated carbocycles. The highest BCUT2D eigenvalue weighted by molar-refractivity contribution is 7.89. The van der Waals surface area contributed by atoms with E-state index < -0.39 is 15.9 Å². The van der Waals surface area contributed by atoms with E-state index in [1.807, 2.05) is 4.57 Å². The van der Waals surface area contributed by atoms with Crippen molar-refractivity contribution in [1.82, 2.24) is 25.0 Å². The van der Waals surface area contributed by atoms with E-state index >= 15 is 0 Å². The second-order valence-corrected chi connectivity index (χ2v) is 8.58. The summed E-state index contributed by atoms with van der Waals surface area (Å²) < 4.78 is 25.4. The molecule has 0 aliphatic heterocycles. The third-order valence-corrected chi connectivity index (χ3v) is 5.88. The van der Waals surface area contributed by atoms with E-state index in [0.717, 1.165) is 5.56 Å². The first-order valence-corrected chi connectivity index (χ1v) is 10.9. The molecule has 4 aromatic rings. The smallest absolute Gasteiger partial charge is 0.274 e. The van der Waals surface area contributed by atoms with Gasteiger partial charge in [-0.2, -0.15) is 0 Å². The van der Waals surface area contributed by atoms with Crippen molar-refractivity contribution in [3.63, 3.8) is 0 Å². The maximum Gasteiger partial charge on any atom is 0.274 e. The molecule has 2 aromatic carbocycles. The molecule has 0 saturated heterocycles. The van der Waals surface area contributed by atoms with Crippen LogP contribution in [0.3, 0.4) is 0 Å². The summed E-state index contributed by atoms with van der Waals surface area (Å²) in [5.74, 6) is -0.178. The molecule has 12 heteroatoms. The minimum Gasteiger partial charge on any atom is -0.338 e. The van der Waals surface area contributed by atoms with Crippen LogP contribution in [0.2, 0.25) is 0 Å². The van der Waals surface area contributed by atoms with Crippen LogP contribution in [0.5, 0.6) is 0 Å². The lowest BCUT2D eigenvalue weighted by Gasteiger charge is -2.10. The van der Waals surface area contributed by atoms with Gasteiger partial charge in [0, 0.05) is 11.3 Å². The van der Waals surface area contributed by atoms with Gasteiger partial charge in [0.2, 0.25) is 10.0 Å². The molecule has 0 aliphatic carbocycles. The highest BCUT2D eigenvalue weighted by Gasteiger charge is 2.15. The topological polar surface area (TPSA) is 165 Å². The lowest BCUT2D eigenvalue weighted by Crippen LogP contribution is -2.18. The van der Waals surface area contributed by atoms with Crippen LogP contribution in [-0.4, -0.2) is 39.1 Å². The molecule has 32 heavy (non-hydrogen) atoms. The lowest BCUT2D eigenvalue weighted by molar-refractivity contribution is 0.0706. The number of amides is 1. The molecule has 2 aromatic heterocycles. The molecule has 4 rings (SSSR count). The van der Waals surface area contributed by atoms with Crippen molar-refractivity contribution in [1.29, 1.82) is 0 Å². The molecule has 0 spiro atoms. The number of aryl methyl sites for hydroxylation is 1. The Morgan fingerprint density at radius 3 is 2.56 bits per heavy atom. The van der Waals surface area contributed by atoms with Crippen molar-refractivity contribution >= 4 is 38.6 Å². The summed E-state index contributed by atoms with van der Waals surface area (Å²) in [5, 5.41) is 17.1. The number of nitrogens with zero attached hydrogens (tertiary/aromatic N) is 4. The summed E-state index contributed by atoms with van der Waals surface area (Å²) in [5.41, 5.74) is 4.92. The van der Waals surface area contributed by atoms with Crippen LogP contribution in [0, 0.1) is 6.92 Å². The lowest BCUT2D eigenvalue weighted by atomic mass is 10.1. The number of nitrogens with one attached hydrogen (secondary N) is 2. The standard InChI is InChI=1S/C20H19N7O4S/c1-12-2-7-15(8-16(12)32(21,30)31)25-18-17-19(23-10-22-18)27(11-24-17)9-13-3-5-14(6-4-13)20(28)26-29/h2-8,10-11,29H,9H2,1H3,(H,26,28)(H2,21,30,31)(H,22,23,25). The maximum atomic E-state index is 11.8. The van der Waals surface area contributed by atoms with E-state index in [1.165, 1.54) is 12.4 Å². The number of carbonyl (C=O) groups is 1. The van der Waals surface area contributed by atoms with E-state index in [0.29, 0.717) is 40.3 Å². The number of rotatable bonds is 6. The number of hydrogen-bond acceptors (Lipinski definition) is 8. The fraction of sp³-hybridized carbons (Fsp3) is 0.100. The summed E-state index contributed by atoms with van der Waals surface area (Å²) in [7, 11) is -3.86. The second kappa shape index (κ2) is 8.34. The molecule has 0 radical (unpaired) electrons. The maximum absolute atomic E-state index is 11.8. The highest BCUT2D eigenvalue weighted by atomic mass is 32.2. The average molecular weight is 453 g/mol. The Morgan fingerprint density at radius 1 is 1.12 bits per heavy atom. The number of carbonyl (C=O) groups excluding carboxylic acids is 1. The van der Waals surface area contributed by atoms with Crippen molar-refractivity contribution in [2.24, 2.45) is 5.14 Å². The number of nitrogens with two attached hydrogens (primary N) is 1. The summed E-state index contributed by atoms with van der Waals surface area (Å²) in [6, 6.07) is 11.5. The normalized spacial score (nSPS) is 11.5. The van der Waals surface area contributed by atoms with Gasteiger partial charge in [0.05, 0.1) is 17.8 Å². The zero-order chi connectivity index (χ0) is 22.9. The zero-order valence-electron chi connectivity index (χ0n) is 16.8. The third kappa shape index (κ3) is 4.27. The molecular formula is C20H19N7O4S. The summed E-state index contributed by atoms with van der Waals surface area (Å²) in [4.78, 5) is 24.4. The largest absolute Gasteiger partial charge is 0.338 e. The Kier molecular flexibility index (Phi) is 5.57. The summed E-state index contributed by atoms with van der Waals surface area (Å²) in [6.07, 6.45) is 3.00. The van der Waals surface area contributed by atoms with Crippen LogP contribution in [0.4, 0.5) is 11.5 Å². The Balaban J connectivity index is 1.62. The van der Waals surface area contributed by atoms with Crippen LogP contribution in [-0.2, 0) is 16.6 Å². The van der Waals surface area contributed by atoms with E-state index in [9.17, 15) is 13.2 Å². The number of hydrogen-bond donors (Lipinski definition) is 4. The van der Waals surface area contributed by atoms with Gasteiger partial charge in [0.1, 0.15) is 6.33 Å². The fourth-order valence-electron chi connectivity index (χ4n) is 3.23. The molecule has 0 aliphatic rings. The molecule has 11 nitrogen and oxygen atoms in total.